The van der Waals surface area contributed by atoms with Crippen LogP contribution in [0.15, 0.2) is 67.1 Å². The van der Waals surface area contributed by atoms with Crippen molar-refractivity contribution in [2.75, 3.05) is 16.4 Å². The number of hydrogen-bond acceptors (Lipinski definition) is 6. The standard InChI is InChI=1S/C20H15F3N6/c21-20(22,23)13-6-2-7-14(10-13)28-18-16(24)19(27-11-26-18)29-15-8-1-4-12-5-3-9-25-17(12)15/h1-11H,24H2,(H2,26,27,28,29). The molecule has 0 fully saturated rings. The molecule has 2 heterocycles. The molecule has 0 aliphatic rings. The fourth-order valence-electron chi connectivity index (χ4n) is 2.84. The van der Waals surface area contributed by atoms with Gasteiger partial charge in [0.05, 0.1) is 16.8 Å². The lowest BCUT2D eigenvalue weighted by Crippen LogP contribution is -2.07. The summed E-state index contributed by atoms with van der Waals surface area (Å²) in [5.41, 5.74) is 7.19. The largest absolute Gasteiger partial charge is 0.416 e. The normalized spacial score (nSPS) is 11.4. The third-order valence-electron chi connectivity index (χ3n) is 4.22. The van der Waals surface area contributed by atoms with Gasteiger partial charge in [0.2, 0.25) is 0 Å². The van der Waals surface area contributed by atoms with Gasteiger partial charge >= 0.3 is 6.18 Å². The van der Waals surface area contributed by atoms with E-state index in [1.807, 2.05) is 30.3 Å². The van der Waals surface area contributed by atoms with Gasteiger partial charge in [-0.1, -0.05) is 24.3 Å². The molecule has 2 aromatic heterocycles. The first-order valence-corrected chi connectivity index (χ1v) is 8.57. The number of para-hydroxylation sites is 1. The first-order chi connectivity index (χ1) is 13.9. The summed E-state index contributed by atoms with van der Waals surface area (Å²) >= 11 is 0. The Morgan fingerprint density at radius 3 is 2.34 bits per heavy atom. The summed E-state index contributed by atoms with van der Waals surface area (Å²) in [6, 6.07) is 14.2. The summed E-state index contributed by atoms with van der Waals surface area (Å²) in [6.07, 6.45) is -1.49. The first kappa shape index (κ1) is 18.5. The topological polar surface area (TPSA) is 88.8 Å². The number of nitrogens with two attached hydrogens (primary N) is 1. The highest BCUT2D eigenvalue weighted by atomic mass is 19.4. The minimum atomic E-state index is -4.44. The maximum Gasteiger partial charge on any atom is 0.416 e. The van der Waals surface area contributed by atoms with Crippen LogP contribution < -0.4 is 16.4 Å². The number of fused-ring (bicyclic) bond motifs is 1. The average molecular weight is 396 g/mol. The van der Waals surface area contributed by atoms with E-state index in [2.05, 4.69) is 25.6 Å². The Bertz CT molecular complexity index is 1170. The Hall–Kier alpha value is -3.88. The van der Waals surface area contributed by atoms with E-state index in [1.165, 1.54) is 18.5 Å². The number of nitrogen functional groups attached to an aromatic ring is 1. The van der Waals surface area contributed by atoms with Gasteiger partial charge in [0.15, 0.2) is 11.6 Å². The second-order valence-corrected chi connectivity index (χ2v) is 6.19. The van der Waals surface area contributed by atoms with Crippen LogP contribution in [0.1, 0.15) is 5.56 Å². The van der Waals surface area contributed by atoms with Crippen molar-refractivity contribution in [2.45, 2.75) is 6.18 Å². The van der Waals surface area contributed by atoms with E-state index >= 15 is 0 Å². The van der Waals surface area contributed by atoms with Crippen molar-refractivity contribution in [1.82, 2.24) is 15.0 Å². The fourth-order valence-corrected chi connectivity index (χ4v) is 2.84. The molecule has 0 atom stereocenters. The highest BCUT2D eigenvalue weighted by molar-refractivity contribution is 5.93. The highest BCUT2D eigenvalue weighted by Crippen LogP contribution is 2.33. The van der Waals surface area contributed by atoms with Crippen molar-refractivity contribution < 1.29 is 13.2 Å². The van der Waals surface area contributed by atoms with Crippen molar-refractivity contribution in [3.8, 4) is 0 Å². The lowest BCUT2D eigenvalue weighted by atomic mass is 10.2. The molecule has 0 unspecified atom stereocenters. The molecule has 0 spiro atoms. The Balaban J connectivity index is 1.64. The van der Waals surface area contributed by atoms with Crippen LogP contribution in [-0.2, 0) is 6.18 Å². The lowest BCUT2D eigenvalue weighted by molar-refractivity contribution is -0.137. The van der Waals surface area contributed by atoms with Crippen LogP contribution in [0.4, 0.5) is 41.9 Å². The summed E-state index contributed by atoms with van der Waals surface area (Å²) in [4.78, 5) is 12.6. The smallest absolute Gasteiger partial charge is 0.393 e. The molecule has 6 nitrogen and oxygen atoms in total. The van der Waals surface area contributed by atoms with Crippen LogP contribution in [0.25, 0.3) is 10.9 Å². The number of aromatic nitrogens is 3. The monoisotopic (exact) mass is 396 g/mol. The molecule has 0 saturated carbocycles. The van der Waals surface area contributed by atoms with E-state index in [1.54, 1.807) is 6.20 Å². The maximum atomic E-state index is 12.9. The maximum absolute atomic E-state index is 12.9. The van der Waals surface area contributed by atoms with Gasteiger partial charge in [0.1, 0.15) is 12.0 Å². The van der Waals surface area contributed by atoms with Gasteiger partial charge in [-0.15, -0.1) is 0 Å². The Morgan fingerprint density at radius 2 is 1.55 bits per heavy atom. The number of pyridine rings is 1. The molecule has 0 aliphatic heterocycles. The molecule has 2 aromatic carbocycles. The van der Waals surface area contributed by atoms with Gasteiger partial charge in [0, 0.05) is 17.3 Å². The number of alkyl halides is 3. The molecule has 29 heavy (non-hydrogen) atoms. The molecule has 0 radical (unpaired) electrons. The number of rotatable bonds is 4. The molecule has 9 heteroatoms. The van der Waals surface area contributed by atoms with Gasteiger partial charge in [-0.3, -0.25) is 4.98 Å². The minimum absolute atomic E-state index is 0.165. The Kier molecular flexibility index (Phi) is 4.63. The summed E-state index contributed by atoms with van der Waals surface area (Å²) in [5, 5.41) is 6.87. The van der Waals surface area contributed by atoms with E-state index in [-0.39, 0.29) is 17.2 Å². The fraction of sp³-hybridized carbons (Fsp3) is 0.0500. The van der Waals surface area contributed by atoms with Crippen molar-refractivity contribution >= 4 is 39.6 Å². The van der Waals surface area contributed by atoms with E-state index in [0.29, 0.717) is 11.5 Å². The summed E-state index contributed by atoms with van der Waals surface area (Å²) < 4.78 is 38.8. The molecule has 4 N–H and O–H groups in total. The minimum Gasteiger partial charge on any atom is -0.393 e. The van der Waals surface area contributed by atoms with Crippen LogP contribution in [0.5, 0.6) is 0 Å². The van der Waals surface area contributed by atoms with E-state index < -0.39 is 11.7 Å². The van der Waals surface area contributed by atoms with Gasteiger partial charge < -0.3 is 16.4 Å². The number of nitrogens with zero attached hydrogens (tertiary/aromatic N) is 3. The van der Waals surface area contributed by atoms with Crippen LogP contribution in [-0.4, -0.2) is 15.0 Å². The van der Waals surface area contributed by atoms with Gasteiger partial charge in [0.25, 0.3) is 0 Å². The van der Waals surface area contributed by atoms with Crippen LogP contribution in [0, 0.1) is 0 Å². The highest BCUT2D eigenvalue weighted by Gasteiger charge is 2.30. The molecular weight excluding hydrogens is 381 g/mol. The summed E-state index contributed by atoms with van der Waals surface area (Å²) in [6.45, 7) is 0. The predicted octanol–water partition coefficient (Wildman–Crippen LogP) is 5.11. The zero-order chi connectivity index (χ0) is 20.4. The molecule has 0 bridgehead atoms. The van der Waals surface area contributed by atoms with Gasteiger partial charge in [-0.2, -0.15) is 13.2 Å². The zero-order valence-corrected chi connectivity index (χ0v) is 14.9. The van der Waals surface area contributed by atoms with Crippen LogP contribution >= 0.6 is 0 Å². The predicted molar refractivity (Wildman–Crippen MR) is 106 cm³/mol. The zero-order valence-electron chi connectivity index (χ0n) is 14.9. The number of anilines is 5. The van der Waals surface area contributed by atoms with Crippen molar-refractivity contribution in [1.29, 1.82) is 0 Å². The Labute approximate surface area is 163 Å². The molecule has 146 valence electrons. The van der Waals surface area contributed by atoms with Crippen molar-refractivity contribution in [2.24, 2.45) is 0 Å². The second kappa shape index (κ2) is 7.27. The van der Waals surface area contributed by atoms with E-state index in [4.69, 9.17) is 5.73 Å². The molecule has 0 saturated heterocycles. The second-order valence-electron chi connectivity index (χ2n) is 6.19. The molecule has 0 amide bonds. The number of halogens is 3. The van der Waals surface area contributed by atoms with Gasteiger partial charge in [-0.05, 0) is 30.3 Å². The first-order valence-electron chi connectivity index (χ1n) is 8.57. The van der Waals surface area contributed by atoms with E-state index in [0.717, 1.165) is 23.0 Å². The number of benzene rings is 2. The number of nitrogens with one attached hydrogen (secondary N) is 2. The van der Waals surface area contributed by atoms with Crippen LogP contribution in [0.2, 0.25) is 0 Å². The van der Waals surface area contributed by atoms with Crippen LogP contribution in [0.3, 0.4) is 0 Å². The van der Waals surface area contributed by atoms with E-state index in [9.17, 15) is 13.2 Å². The molecule has 4 aromatic rings. The SMILES string of the molecule is Nc1c(Nc2cccc(C(F)(F)F)c2)ncnc1Nc1cccc2cccnc12. The van der Waals surface area contributed by atoms with Gasteiger partial charge in [-0.25, -0.2) is 9.97 Å². The lowest BCUT2D eigenvalue weighted by Gasteiger charge is -2.14. The number of hydrogen-bond donors (Lipinski definition) is 3. The molecule has 0 aliphatic carbocycles. The third kappa shape index (κ3) is 3.88. The van der Waals surface area contributed by atoms with Crippen molar-refractivity contribution in [3.05, 3.63) is 72.7 Å². The molecular formula is C20H15F3N6. The quantitative estimate of drug-likeness (QED) is 0.444. The summed E-state index contributed by atoms with van der Waals surface area (Å²) in [5.74, 6) is 0.502. The Morgan fingerprint density at radius 1 is 0.828 bits per heavy atom. The average Bonchev–Trinajstić information content (AvgIpc) is 2.71. The summed E-state index contributed by atoms with van der Waals surface area (Å²) in [7, 11) is 0. The molecule has 4 rings (SSSR count). The third-order valence-corrected chi connectivity index (χ3v) is 4.22. The van der Waals surface area contributed by atoms with Crippen molar-refractivity contribution in [3.63, 3.8) is 0 Å².